The summed E-state index contributed by atoms with van der Waals surface area (Å²) >= 11 is 4.00. The third-order valence-electron chi connectivity index (χ3n) is 5.21. The van der Waals surface area contributed by atoms with Crippen LogP contribution in [0, 0.1) is 0 Å². The second kappa shape index (κ2) is 18.0. The Balaban J connectivity index is 5.67. The lowest BCUT2D eigenvalue weighted by molar-refractivity contribution is -0.141. The van der Waals surface area contributed by atoms with Gasteiger partial charge in [-0.1, -0.05) is 0 Å². The van der Waals surface area contributed by atoms with Crippen LogP contribution in [-0.4, -0.2) is 105 Å². The van der Waals surface area contributed by atoms with Gasteiger partial charge in [-0.05, 0) is 33.1 Å². The zero-order valence-electron chi connectivity index (χ0n) is 21.9. The average molecular weight is 579 g/mol. The van der Waals surface area contributed by atoms with Gasteiger partial charge in [0.2, 0.25) is 35.4 Å². The van der Waals surface area contributed by atoms with Crippen molar-refractivity contribution in [3.63, 3.8) is 0 Å². The van der Waals surface area contributed by atoms with Crippen molar-refractivity contribution in [2.75, 3.05) is 13.2 Å². The Morgan fingerprint density at radius 2 is 1.36 bits per heavy atom. The van der Waals surface area contributed by atoms with Gasteiger partial charge in [0.1, 0.15) is 24.2 Å². The van der Waals surface area contributed by atoms with E-state index >= 15 is 0 Å². The summed E-state index contributed by atoms with van der Waals surface area (Å²) in [7, 11) is 0. The quantitative estimate of drug-likeness (QED) is 0.0554. The molecule has 0 aliphatic carbocycles. The van der Waals surface area contributed by atoms with E-state index in [9.17, 15) is 48.9 Å². The zero-order chi connectivity index (χ0) is 30.3. The molecule has 0 radical (unpaired) electrons. The predicted molar refractivity (Wildman–Crippen MR) is 139 cm³/mol. The van der Waals surface area contributed by atoms with Gasteiger partial charge < -0.3 is 47.6 Å². The molecule has 0 heterocycles. The molecule has 10 N–H and O–H groups in total. The lowest BCUT2D eigenvalue weighted by atomic mass is 10.1. The monoisotopic (exact) mass is 578 g/mol. The van der Waals surface area contributed by atoms with Gasteiger partial charge in [0.25, 0.3) is 0 Å². The number of aliphatic hydroxyl groups is 2. The van der Waals surface area contributed by atoms with Crippen molar-refractivity contribution in [2.24, 2.45) is 5.73 Å². The van der Waals surface area contributed by atoms with Crippen LogP contribution >= 0.6 is 12.6 Å². The second-order valence-corrected chi connectivity index (χ2v) is 9.52. The van der Waals surface area contributed by atoms with Crippen molar-refractivity contribution in [1.82, 2.24) is 26.6 Å². The minimum atomic E-state index is -1.71. The fraction of sp³-hybridized carbons (Fsp3) is 0.682. The van der Waals surface area contributed by atoms with Crippen molar-refractivity contribution in [2.45, 2.75) is 82.0 Å². The molecule has 16 nitrogen and oxygen atoms in total. The molecule has 0 aliphatic rings. The molecule has 6 atom stereocenters. The predicted octanol–water partition coefficient (Wildman–Crippen LogP) is -4.12. The molecule has 0 saturated carbocycles. The van der Waals surface area contributed by atoms with Crippen LogP contribution in [0.1, 0.15) is 46.5 Å². The Kier molecular flexibility index (Phi) is 16.4. The first-order chi connectivity index (χ1) is 18.1. The number of carboxylic acid groups (broad SMARTS) is 1. The van der Waals surface area contributed by atoms with Crippen LogP contribution in [-0.2, 0) is 33.6 Å². The molecular formula is C22H38N6O10S. The van der Waals surface area contributed by atoms with Crippen molar-refractivity contribution >= 4 is 54.0 Å². The number of amides is 6. The van der Waals surface area contributed by atoms with Gasteiger partial charge in [-0.25, -0.2) is 0 Å². The molecule has 0 aromatic rings. The van der Waals surface area contributed by atoms with E-state index < -0.39 is 84.1 Å². The van der Waals surface area contributed by atoms with Crippen LogP contribution in [0.25, 0.3) is 0 Å². The number of aliphatic carboxylic acids is 1. The highest BCUT2D eigenvalue weighted by Gasteiger charge is 2.32. The largest absolute Gasteiger partial charge is 0.481 e. The normalized spacial score (nSPS) is 15.3. The maximum Gasteiger partial charge on any atom is 0.305 e. The Hall–Kier alpha value is -3.44. The van der Waals surface area contributed by atoms with Crippen LogP contribution in [0.5, 0.6) is 0 Å². The number of hydrogen-bond donors (Lipinski definition) is 10. The summed E-state index contributed by atoms with van der Waals surface area (Å²) in [6, 6.07) is -6.04. The van der Waals surface area contributed by atoms with E-state index in [1.54, 1.807) is 6.92 Å². The first-order valence-corrected chi connectivity index (χ1v) is 12.6. The van der Waals surface area contributed by atoms with Crippen molar-refractivity contribution in [1.29, 1.82) is 0 Å². The van der Waals surface area contributed by atoms with Crippen LogP contribution in [0.2, 0.25) is 0 Å². The lowest BCUT2D eigenvalue weighted by Crippen LogP contribution is -2.59. The van der Waals surface area contributed by atoms with Crippen molar-refractivity contribution < 1.29 is 48.9 Å². The fourth-order valence-electron chi connectivity index (χ4n) is 3.15. The van der Waals surface area contributed by atoms with Gasteiger partial charge in [-0.3, -0.25) is 33.6 Å². The summed E-state index contributed by atoms with van der Waals surface area (Å²) in [5.74, 6) is -6.56. The Bertz CT molecular complexity index is 901. The smallest absolute Gasteiger partial charge is 0.305 e. The first kappa shape index (κ1) is 35.6. The number of nitrogens with two attached hydrogens (primary N) is 1. The zero-order valence-corrected chi connectivity index (χ0v) is 22.8. The molecule has 0 fully saturated rings. The number of carbonyl (C=O) groups excluding carboxylic acids is 6. The number of carboxylic acids is 1. The number of aliphatic hydroxyl groups excluding tert-OH is 2. The molecule has 0 bridgehead atoms. The highest BCUT2D eigenvalue weighted by molar-refractivity contribution is 7.81. The maximum absolute atomic E-state index is 12.9. The summed E-state index contributed by atoms with van der Waals surface area (Å²) in [5, 5.41) is 39.2. The van der Waals surface area contributed by atoms with Gasteiger partial charge >= 0.3 is 5.97 Å². The molecule has 0 aromatic carbocycles. The van der Waals surface area contributed by atoms with Gasteiger partial charge in [0.05, 0.1) is 24.4 Å². The van der Waals surface area contributed by atoms with Crippen LogP contribution in [0.4, 0.5) is 0 Å². The highest BCUT2D eigenvalue weighted by Crippen LogP contribution is 2.06. The fourth-order valence-corrected chi connectivity index (χ4v) is 3.24. The second-order valence-electron chi connectivity index (χ2n) is 8.75. The summed E-state index contributed by atoms with van der Waals surface area (Å²) < 4.78 is 0. The number of thiol groups is 1. The number of rotatable bonds is 18. The molecule has 0 spiro atoms. The highest BCUT2D eigenvalue weighted by atomic mass is 32.1. The van der Waals surface area contributed by atoms with Crippen LogP contribution in [0.3, 0.4) is 0 Å². The number of primary amides is 1. The number of hydrogen-bond acceptors (Lipinski definition) is 10. The van der Waals surface area contributed by atoms with Gasteiger partial charge in [0, 0.05) is 13.5 Å². The Labute approximate surface area is 230 Å². The van der Waals surface area contributed by atoms with Gasteiger partial charge in [0.15, 0.2) is 0 Å². The summed E-state index contributed by atoms with van der Waals surface area (Å²) in [5.41, 5.74) is 5.20. The first-order valence-electron chi connectivity index (χ1n) is 12.0. The average Bonchev–Trinajstić information content (AvgIpc) is 2.82. The molecule has 0 aliphatic heterocycles. The Morgan fingerprint density at radius 1 is 0.821 bits per heavy atom. The van der Waals surface area contributed by atoms with E-state index in [0.717, 1.165) is 6.92 Å². The molecule has 39 heavy (non-hydrogen) atoms. The van der Waals surface area contributed by atoms with E-state index in [1.165, 1.54) is 6.92 Å². The van der Waals surface area contributed by atoms with Crippen molar-refractivity contribution in [3.8, 4) is 0 Å². The lowest BCUT2D eigenvalue weighted by Gasteiger charge is -2.26. The molecular weight excluding hydrogens is 540 g/mol. The SMILES string of the molecule is CC(=O)N[C@@H](CO)C(=O)N[C@@H](CC(=O)O)C(=O)N[C@@H](CCCCNC(=O)[C@H](C)S)C(=O)N[C@H](C(N)=O)[C@@H](C)O. The third kappa shape index (κ3) is 14.3. The minimum absolute atomic E-state index is 0.0476. The van der Waals surface area contributed by atoms with Gasteiger partial charge in [-0.2, -0.15) is 12.6 Å². The number of unbranched alkanes of at least 4 members (excludes halogenated alkanes) is 1. The molecule has 6 amide bonds. The topological polar surface area (TPSA) is 266 Å². The maximum atomic E-state index is 12.9. The van der Waals surface area contributed by atoms with E-state index in [1.807, 2.05) is 0 Å². The van der Waals surface area contributed by atoms with E-state index in [-0.39, 0.29) is 25.3 Å². The van der Waals surface area contributed by atoms with Crippen LogP contribution in [0.15, 0.2) is 0 Å². The third-order valence-corrected chi connectivity index (χ3v) is 5.44. The number of carbonyl (C=O) groups is 7. The van der Waals surface area contributed by atoms with Crippen molar-refractivity contribution in [3.05, 3.63) is 0 Å². The standard InChI is InChI=1S/C22H38N6O10S/c1-10(30)17(18(23)34)28-20(36)13(6-4-5-7-24-19(35)11(2)39)26-21(37)14(8-16(32)33)27-22(38)15(9-29)25-12(3)31/h10-11,13-15,17,29-30,39H,4-9H2,1-3H3,(H2,23,34)(H,24,35)(H,25,31)(H,26,37)(H,27,38)(H,28,36)(H,32,33)/t10-,11+,13+,14+,15+,17+/m1/s1. The Morgan fingerprint density at radius 3 is 1.82 bits per heavy atom. The van der Waals surface area contributed by atoms with Crippen LogP contribution < -0.4 is 32.3 Å². The van der Waals surface area contributed by atoms with E-state index in [2.05, 4.69) is 39.2 Å². The molecule has 0 aromatic heterocycles. The molecule has 0 saturated heterocycles. The summed E-state index contributed by atoms with van der Waals surface area (Å²) in [6.07, 6.45) is -1.69. The molecule has 17 heteroatoms. The van der Waals surface area contributed by atoms with Gasteiger partial charge in [-0.15, -0.1) is 0 Å². The molecule has 0 rings (SSSR count). The number of nitrogens with one attached hydrogen (secondary N) is 5. The van der Waals surface area contributed by atoms with E-state index in [4.69, 9.17) is 5.73 Å². The summed E-state index contributed by atoms with van der Waals surface area (Å²) in [6.45, 7) is 3.26. The molecule has 222 valence electrons. The minimum Gasteiger partial charge on any atom is -0.481 e. The summed E-state index contributed by atoms with van der Waals surface area (Å²) in [4.78, 5) is 84.0. The van der Waals surface area contributed by atoms with E-state index in [0.29, 0.717) is 6.42 Å². The molecule has 0 unspecified atom stereocenters.